The first-order valence-corrected chi connectivity index (χ1v) is 5.55. The summed E-state index contributed by atoms with van der Waals surface area (Å²) in [5.41, 5.74) is 0. The first-order chi connectivity index (χ1) is 6.43. The normalized spacial score (nSPS) is 14.3. The summed E-state index contributed by atoms with van der Waals surface area (Å²) in [4.78, 5) is 10.6. The Bertz CT molecular complexity index is 256. The van der Waals surface area contributed by atoms with Crippen LogP contribution in [-0.4, -0.2) is 26.2 Å². The molecule has 0 rings (SSSR count). The van der Waals surface area contributed by atoms with Crippen molar-refractivity contribution in [1.82, 2.24) is 5.32 Å². The van der Waals surface area contributed by atoms with E-state index in [-0.39, 0.29) is 5.91 Å². The Morgan fingerprint density at radius 1 is 1.50 bits per heavy atom. The van der Waals surface area contributed by atoms with E-state index in [0.717, 1.165) is 0 Å². The predicted octanol–water partition coefficient (Wildman–Crippen LogP) is 1.32. The smallest absolute Gasteiger partial charge is 0.350 e. The third-order valence-corrected chi connectivity index (χ3v) is 2.95. The van der Waals surface area contributed by atoms with Gasteiger partial charge in [0.2, 0.25) is 5.91 Å². The standard InChI is InChI=1S/C8H15NO4P/c1-7(9-8(2)10)5-6-14(11,12-3)13-4/h5-7H,1H2,2-4H3,(H,9,10)/b6-5+. The van der Waals surface area contributed by atoms with Gasteiger partial charge in [-0.25, -0.2) is 0 Å². The van der Waals surface area contributed by atoms with Gasteiger partial charge in [-0.15, -0.1) is 0 Å². The molecule has 0 saturated heterocycles. The second kappa shape index (κ2) is 5.96. The van der Waals surface area contributed by atoms with E-state index in [4.69, 9.17) is 0 Å². The molecule has 1 amide bonds. The molecule has 1 N–H and O–H groups in total. The number of hydrogen-bond acceptors (Lipinski definition) is 4. The van der Waals surface area contributed by atoms with Gasteiger partial charge < -0.3 is 14.4 Å². The van der Waals surface area contributed by atoms with Crippen LogP contribution in [0, 0.1) is 6.92 Å². The molecule has 81 valence electrons. The number of carbonyl (C=O) groups is 1. The molecule has 0 aromatic rings. The number of hydrogen-bond donors (Lipinski definition) is 1. The van der Waals surface area contributed by atoms with Gasteiger partial charge in [-0.1, -0.05) is 6.08 Å². The second-order valence-electron chi connectivity index (χ2n) is 2.55. The molecule has 0 saturated carbocycles. The highest BCUT2D eigenvalue weighted by atomic mass is 31.2. The van der Waals surface area contributed by atoms with Crippen molar-refractivity contribution >= 4 is 13.5 Å². The van der Waals surface area contributed by atoms with Crippen molar-refractivity contribution in [2.75, 3.05) is 14.2 Å². The highest BCUT2D eigenvalue weighted by molar-refractivity contribution is 7.57. The van der Waals surface area contributed by atoms with Crippen LogP contribution < -0.4 is 5.32 Å². The molecule has 0 aliphatic heterocycles. The topological polar surface area (TPSA) is 64.6 Å². The molecule has 1 atom stereocenters. The second-order valence-corrected chi connectivity index (χ2v) is 4.66. The maximum atomic E-state index is 11.5. The third-order valence-electron chi connectivity index (χ3n) is 1.40. The van der Waals surface area contributed by atoms with Crippen molar-refractivity contribution in [2.45, 2.75) is 13.0 Å². The van der Waals surface area contributed by atoms with Gasteiger partial charge in [0.15, 0.2) is 0 Å². The van der Waals surface area contributed by atoms with Crippen LogP contribution in [0.25, 0.3) is 0 Å². The summed E-state index contributed by atoms with van der Waals surface area (Å²) < 4.78 is 20.8. The molecule has 5 nitrogen and oxygen atoms in total. The highest BCUT2D eigenvalue weighted by Gasteiger charge is 2.16. The van der Waals surface area contributed by atoms with E-state index in [1.54, 1.807) is 0 Å². The van der Waals surface area contributed by atoms with Crippen LogP contribution in [0.15, 0.2) is 11.9 Å². The lowest BCUT2D eigenvalue weighted by Crippen LogP contribution is -2.28. The molecule has 0 aliphatic rings. The molecular formula is C8H15NO4P. The molecule has 1 radical (unpaired) electrons. The fraction of sp³-hybridized carbons (Fsp3) is 0.500. The quantitative estimate of drug-likeness (QED) is 0.710. The summed E-state index contributed by atoms with van der Waals surface area (Å²) >= 11 is 0. The van der Waals surface area contributed by atoms with Crippen molar-refractivity contribution in [3.05, 3.63) is 18.8 Å². The number of rotatable bonds is 5. The summed E-state index contributed by atoms with van der Waals surface area (Å²) in [6.45, 7) is 4.97. The molecule has 1 unspecified atom stereocenters. The fourth-order valence-electron chi connectivity index (χ4n) is 0.715. The molecule has 14 heavy (non-hydrogen) atoms. The third kappa shape index (κ3) is 5.17. The molecule has 0 aromatic carbocycles. The maximum Gasteiger partial charge on any atom is 0.353 e. The Kier molecular flexibility index (Phi) is 5.69. The predicted molar refractivity (Wildman–Crippen MR) is 53.7 cm³/mol. The molecule has 6 heteroatoms. The summed E-state index contributed by atoms with van der Waals surface area (Å²) in [5, 5.41) is 2.49. The fourth-order valence-corrected chi connectivity index (χ4v) is 1.53. The van der Waals surface area contributed by atoms with E-state index in [1.165, 1.54) is 33.0 Å². The van der Waals surface area contributed by atoms with Crippen molar-refractivity contribution < 1.29 is 18.4 Å². The van der Waals surface area contributed by atoms with E-state index in [9.17, 15) is 9.36 Å². The highest BCUT2D eigenvalue weighted by Crippen LogP contribution is 2.47. The largest absolute Gasteiger partial charge is 0.353 e. The molecule has 0 spiro atoms. The summed E-state index contributed by atoms with van der Waals surface area (Å²) in [6.07, 6.45) is 1.45. The Hall–Kier alpha value is -0.640. The van der Waals surface area contributed by atoms with Gasteiger partial charge in [-0.2, -0.15) is 0 Å². The molecular weight excluding hydrogens is 205 g/mol. The van der Waals surface area contributed by atoms with Crippen molar-refractivity contribution in [2.24, 2.45) is 0 Å². The van der Waals surface area contributed by atoms with E-state index >= 15 is 0 Å². The zero-order valence-corrected chi connectivity index (χ0v) is 9.41. The molecule has 0 aliphatic carbocycles. The maximum absolute atomic E-state index is 11.5. The van der Waals surface area contributed by atoms with Crippen LogP contribution in [0.3, 0.4) is 0 Å². The van der Waals surface area contributed by atoms with Gasteiger partial charge >= 0.3 is 7.60 Å². The molecule has 0 fully saturated rings. The number of carbonyl (C=O) groups excluding carboxylic acids is 1. The Labute approximate surface area is 84.0 Å². The van der Waals surface area contributed by atoms with Crippen LogP contribution in [-0.2, 0) is 18.4 Å². The van der Waals surface area contributed by atoms with Crippen molar-refractivity contribution in [3.8, 4) is 0 Å². The Morgan fingerprint density at radius 3 is 2.36 bits per heavy atom. The van der Waals surface area contributed by atoms with Gasteiger partial charge in [0, 0.05) is 33.0 Å². The SMILES string of the molecule is [CH2]C(/C=C/P(=O)(OC)OC)NC(C)=O. The lowest BCUT2D eigenvalue weighted by molar-refractivity contribution is -0.119. The number of amides is 1. The summed E-state index contributed by atoms with van der Waals surface area (Å²) in [5.74, 6) is 1.06. The van der Waals surface area contributed by atoms with Gasteiger partial charge in [0.25, 0.3) is 0 Å². The lowest BCUT2D eigenvalue weighted by Gasteiger charge is -2.10. The van der Waals surface area contributed by atoms with E-state index in [0.29, 0.717) is 0 Å². The minimum Gasteiger partial charge on any atom is -0.350 e. The van der Waals surface area contributed by atoms with Crippen LogP contribution in [0.4, 0.5) is 0 Å². The van der Waals surface area contributed by atoms with Crippen molar-refractivity contribution in [1.29, 1.82) is 0 Å². The van der Waals surface area contributed by atoms with Crippen LogP contribution in [0.2, 0.25) is 0 Å². The average molecular weight is 220 g/mol. The van der Waals surface area contributed by atoms with E-state index in [1.807, 2.05) is 0 Å². The summed E-state index contributed by atoms with van der Waals surface area (Å²) in [6, 6.07) is -0.453. The van der Waals surface area contributed by atoms with Crippen molar-refractivity contribution in [3.63, 3.8) is 0 Å². The van der Waals surface area contributed by atoms with E-state index < -0.39 is 13.6 Å². The molecule has 0 bridgehead atoms. The molecule has 0 aromatic heterocycles. The Morgan fingerprint density at radius 2 is 2.00 bits per heavy atom. The minimum absolute atomic E-state index is 0.209. The van der Waals surface area contributed by atoms with Crippen LogP contribution >= 0.6 is 7.60 Å². The zero-order chi connectivity index (χ0) is 11.2. The zero-order valence-electron chi connectivity index (χ0n) is 8.52. The Balaban J connectivity index is 4.27. The van der Waals surface area contributed by atoms with Gasteiger partial charge in [-0.05, 0) is 6.92 Å². The first kappa shape index (κ1) is 13.4. The molecule has 0 heterocycles. The van der Waals surface area contributed by atoms with Crippen LogP contribution in [0.1, 0.15) is 6.92 Å². The first-order valence-electron chi connectivity index (χ1n) is 3.94. The van der Waals surface area contributed by atoms with Gasteiger partial charge in [-0.3, -0.25) is 9.36 Å². The average Bonchev–Trinajstić information content (AvgIpc) is 2.13. The van der Waals surface area contributed by atoms with E-state index in [2.05, 4.69) is 21.3 Å². The minimum atomic E-state index is -3.15. The van der Waals surface area contributed by atoms with Gasteiger partial charge in [0.1, 0.15) is 0 Å². The summed E-state index contributed by atoms with van der Waals surface area (Å²) in [7, 11) is -0.585. The monoisotopic (exact) mass is 220 g/mol. The number of nitrogens with one attached hydrogen (secondary N) is 1. The lowest BCUT2D eigenvalue weighted by atomic mass is 10.3. The van der Waals surface area contributed by atoms with Gasteiger partial charge in [0.05, 0.1) is 0 Å². The van der Waals surface area contributed by atoms with Crippen LogP contribution in [0.5, 0.6) is 0 Å².